The van der Waals surface area contributed by atoms with Crippen LogP contribution in [-0.4, -0.2) is 10.7 Å². The summed E-state index contributed by atoms with van der Waals surface area (Å²) in [6, 6.07) is 0. The Labute approximate surface area is 53.7 Å². The Morgan fingerprint density at radius 1 is 1.75 bits per heavy atom. The summed E-state index contributed by atoms with van der Waals surface area (Å²) in [6.45, 7) is 1.78. The highest BCUT2D eigenvalue weighted by Gasteiger charge is 1.90. The van der Waals surface area contributed by atoms with E-state index in [-0.39, 0.29) is 0 Å². The minimum Gasteiger partial charge on any atom is -0.393 e. The van der Waals surface area contributed by atoms with Crippen molar-refractivity contribution in [2.24, 2.45) is 16.7 Å². The molecule has 0 rings (SSSR count). The van der Waals surface area contributed by atoms with E-state index < -0.39 is 0 Å². The third-order valence-electron chi connectivity index (χ3n) is 0.650. The molecule has 0 bridgehead atoms. The van der Waals surface area contributed by atoms with Crippen LogP contribution in [0.3, 0.4) is 0 Å². The lowest BCUT2D eigenvalue weighted by molar-refractivity contribution is 1.22. The average Bonchev–Trinajstić information content (AvgIpc) is 1.65. The van der Waals surface area contributed by atoms with Gasteiger partial charge in [0.2, 0.25) is 0 Å². The van der Waals surface area contributed by atoms with Gasteiger partial charge < -0.3 is 11.6 Å². The van der Waals surface area contributed by atoms with Gasteiger partial charge in [0.25, 0.3) is 0 Å². The Hall–Kier alpha value is -0.640. The fourth-order valence-corrected chi connectivity index (χ4v) is 0.507. The van der Waals surface area contributed by atoms with Gasteiger partial charge in [0, 0.05) is 12.1 Å². The quantitative estimate of drug-likeness (QED) is 0.240. The number of nitrogens with two attached hydrogens (primary N) is 2. The zero-order chi connectivity index (χ0) is 6.57. The maximum Gasteiger partial charge on any atom is 0.0784 e. The molecule has 0 aliphatic heterocycles. The second-order valence-corrected chi connectivity index (χ2v) is 2.03. The third kappa shape index (κ3) is 3.55. The van der Waals surface area contributed by atoms with Crippen molar-refractivity contribution in [1.82, 2.24) is 0 Å². The van der Waals surface area contributed by atoms with E-state index in [1.54, 1.807) is 6.92 Å². The highest BCUT2D eigenvalue weighted by molar-refractivity contribution is 7.80. The number of nitrogens with zero attached hydrogens (tertiary/aromatic N) is 1. The van der Waals surface area contributed by atoms with Crippen LogP contribution in [0.1, 0.15) is 13.3 Å². The Bertz CT molecular complexity index is 118. The van der Waals surface area contributed by atoms with Crippen LogP contribution in [0.4, 0.5) is 0 Å². The van der Waals surface area contributed by atoms with Gasteiger partial charge in [-0.1, -0.05) is 12.2 Å². The molecule has 8 heavy (non-hydrogen) atoms. The topological polar surface area (TPSA) is 64.4 Å². The number of hydrogen-bond acceptors (Lipinski definition) is 3. The fraction of sp³-hybridized carbons (Fsp3) is 0.500. The van der Waals surface area contributed by atoms with Gasteiger partial charge in [-0.05, 0) is 6.92 Å². The molecule has 46 valence electrons. The maximum atomic E-state index is 5.16. The molecule has 0 aromatic carbocycles. The van der Waals surface area contributed by atoms with Crippen molar-refractivity contribution >= 4 is 22.9 Å². The van der Waals surface area contributed by atoms with Crippen molar-refractivity contribution in [1.29, 1.82) is 0 Å². The summed E-state index contributed by atoms with van der Waals surface area (Å²) in [5, 5.41) is 3.38. The van der Waals surface area contributed by atoms with Crippen molar-refractivity contribution in [2.75, 3.05) is 0 Å². The summed E-state index contributed by atoms with van der Waals surface area (Å²) in [6.07, 6.45) is 0.520. The smallest absolute Gasteiger partial charge is 0.0784 e. The summed E-state index contributed by atoms with van der Waals surface area (Å²) in [7, 11) is 0. The first-order chi connectivity index (χ1) is 3.66. The van der Waals surface area contributed by atoms with Crippen molar-refractivity contribution < 1.29 is 0 Å². The van der Waals surface area contributed by atoms with Gasteiger partial charge in [-0.25, -0.2) is 0 Å². The van der Waals surface area contributed by atoms with Gasteiger partial charge in [-0.15, -0.1) is 0 Å². The van der Waals surface area contributed by atoms with E-state index in [1.165, 1.54) is 0 Å². The molecule has 0 spiro atoms. The predicted octanol–water partition coefficient (Wildman–Crippen LogP) is -0.00280. The number of thiocarbonyl (C=S) groups is 1. The van der Waals surface area contributed by atoms with E-state index in [4.69, 9.17) is 11.6 Å². The van der Waals surface area contributed by atoms with Crippen LogP contribution in [0.2, 0.25) is 0 Å². The number of hydrogen-bond donors (Lipinski definition) is 2. The summed E-state index contributed by atoms with van der Waals surface area (Å²) >= 11 is 4.58. The van der Waals surface area contributed by atoms with Crippen molar-refractivity contribution in [3.05, 3.63) is 0 Å². The molecule has 0 fully saturated rings. The van der Waals surface area contributed by atoms with Crippen molar-refractivity contribution in [2.45, 2.75) is 13.3 Å². The van der Waals surface area contributed by atoms with E-state index in [9.17, 15) is 0 Å². The van der Waals surface area contributed by atoms with Crippen LogP contribution in [0.25, 0.3) is 0 Å². The largest absolute Gasteiger partial charge is 0.393 e. The van der Waals surface area contributed by atoms with Crippen LogP contribution in [0, 0.1) is 0 Å². The molecule has 0 saturated heterocycles. The summed E-state index contributed by atoms with van der Waals surface area (Å²) in [4.78, 5) is 0.428. The molecule has 0 amide bonds. The molecule has 0 aromatic heterocycles. The monoisotopic (exact) mass is 131 g/mol. The SMILES string of the molecule is CC(CC(N)=S)=NN. The molecule has 0 aliphatic rings. The first kappa shape index (κ1) is 7.36. The maximum absolute atomic E-state index is 5.16. The van der Waals surface area contributed by atoms with Crippen LogP contribution in [0.5, 0.6) is 0 Å². The molecule has 0 atom stereocenters. The Balaban J connectivity index is 3.56. The third-order valence-corrected chi connectivity index (χ3v) is 0.795. The highest BCUT2D eigenvalue weighted by Crippen LogP contribution is 1.82. The number of rotatable bonds is 2. The Kier molecular flexibility index (Phi) is 3.10. The van der Waals surface area contributed by atoms with Crippen molar-refractivity contribution in [3.63, 3.8) is 0 Å². The molecule has 3 nitrogen and oxygen atoms in total. The van der Waals surface area contributed by atoms with Gasteiger partial charge in [0.1, 0.15) is 0 Å². The lowest BCUT2D eigenvalue weighted by Gasteiger charge is -1.92. The molecular weight excluding hydrogens is 122 g/mol. The van der Waals surface area contributed by atoms with Crippen LogP contribution < -0.4 is 11.6 Å². The normalized spacial score (nSPS) is 11.4. The molecule has 0 aliphatic carbocycles. The van der Waals surface area contributed by atoms with Crippen molar-refractivity contribution in [3.8, 4) is 0 Å². The van der Waals surface area contributed by atoms with Gasteiger partial charge in [-0.2, -0.15) is 5.10 Å². The van der Waals surface area contributed by atoms with Crippen LogP contribution in [-0.2, 0) is 0 Å². The Morgan fingerprint density at radius 2 is 2.25 bits per heavy atom. The van der Waals surface area contributed by atoms with E-state index in [0.717, 1.165) is 5.71 Å². The minimum atomic E-state index is 0.428. The van der Waals surface area contributed by atoms with E-state index >= 15 is 0 Å². The van der Waals surface area contributed by atoms with E-state index in [0.29, 0.717) is 11.4 Å². The minimum absolute atomic E-state index is 0.428. The molecule has 4 heteroatoms. The van der Waals surface area contributed by atoms with Gasteiger partial charge in [0.15, 0.2) is 0 Å². The molecular formula is C4H9N3S. The summed E-state index contributed by atoms with van der Waals surface area (Å²) in [5.74, 6) is 4.89. The summed E-state index contributed by atoms with van der Waals surface area (Å²) < 4.78 is 0. The molecule has 0 heterocycles. The second kappa shape index (κ2) is 3.37. The zero-order valence-corrected chi connectivity index (χ0v) is 5.53. The second-order valence-electron chi connectivity index (χ2n) is 1.51. The lowest BCUT2D eigenvalue weighted by atomic mass is 10.3. The highest BCUT2D eigenvalue weighted by atomic mass is 32.1. The summed E-state index contributed by atoms with van der Waals surface area (Å²) in [5.41, 5.74) is 5.93. The molecule has 0 saturated carbocycles. The van der Waals surface area contributed by atoms with Gasteiger partial charge in [-0.3, -0.25) is 0 Å². The Morgan fingerprint density at radius 3 is 2.38 bits per heavy atom. The predicted molar refractivity (Wildman–Crippen MR) is 38.7 cm³/mol. The molecule has 0 aromatic rings. The van der Waals surface area contributed by atoms with Crippen LogP contribution >= 0.6 is 12.2 Å². The standard InChI is InChI=1S/C4H9N3S/c1-3(7-6)2-4(5)8/h2,6H2,1H3,(H2,5,8). The van der Waals surface area contributed by atoms with Gasteiger partial charge >= 0.3 is 0 Å². The van der Waals surface area contributed by atoms with Gasteiger partial charge in [0.05, 0.1) is 4.99 Å². The first-order valence-corrected chi connectivity index (χ1v) is 2.59. The molecule has 0 unspecified atom stereocenters. The first-order valence-electron chi connectivity index (χ1n) is 2.18. The lowest BCUT2D eigenvalue weighted by Crippen LogP contribution is -2.12. The fourth-order valence-electron chi connectivity index (χ4n) is 0.298. The zero-order valence-electron chi connectivity index (χ0n) is 4.72. The van der Waals surface area contributed by atoms with E-state index in [2.05, 4.69) is 17.3 Å². The average molecular weight is 131 g/mol. The molecule has 0 radical (unpaired) electrons. The number of hydrazone groups is 1. The van der Waals surface area contributed by atoms with Crippen LogP contribution in [0.15, 0.2) is 5.10 Å². The molecule has 4 N–H and O–H groups in total. The van der Waals surface area contributed by atoms with E-state index in [1.807, 2.05) is 0 Å².